The van der Waals surface area contributed by atoms with Crippen LogP contribution in [-0.4, -0.2) is 11.0 Å². The van der Waals surface area contributed by atoms with Crippen LogP contribution in [0.5, 0.6) is 0 Å². The van der Waals surface area contributed by atoms with Crippen molar-refractivity contribution in [2.24, 2.45) is 11.8 Å². The molecule has 0 spiro atoms. The quantitative estimate of drug-likeness (QED) is 0.432. The van der Waals surface area contributed by atoms with Crippen molar-refractivity contribution >= 4 is 0 Å². The van der Waals surface area contributed by atoms with Gasteiger partial charge in [0.25, 0.3) is 0 Å². The Kier molecular flexibility index (Phi) is 2.47. The molecule has 0 heterocycles. The van der Waals surface area contributed by atoms with Crippen LogP contribution >= 0.6 is 0 Å². The first-order valence-electron chi connectivity index (χ1n) is 4.24. The van der Waals surface area contributed by atoms with Gasteiger partial charge in [-0.1, -0.05) is 13.8 Å². The maximum atomic E-state index is 10.4. The molecule has 64 valence electrons. The Hall–Kier alpha value is -0.600. The van der Waals surface area contributed by atoms with Gasteiger partial charge in [-0.2, -0.15) is 0 Å². The lowest BCUT2D eigenvalue weighted by atomic mass is 9.79. The van der Waals surface area contributed by atoms with Crippen molar-refractivity contribution in [2.75, 3.05) is 0 Å². The third-order valence-corrected chi connectivity index (χ3v) is 2.87. The normalized spacial score (nSPS) is 38.5. The molecule has 1 rings (SSSR count). The number of rotatable bonds is 1. The van der Waals surface area contributed by atoms with Gasteiger partial charge >= 0.3 is 0 Å². The first-order chi connectivity index (χ1) is 5.11. The van der Waals surface area contributed by atoms with Crippen molar-refractivity contribution < 1.29 is 4.92 Å². The number of nitrogens with zero attached hydrogens (tertiary/aromatic N) is 1. The SMILES string of the molecule is CC1C[C@@H]([N+](=O)[O-])CC[C@H]1C. The first kappa shape index (κ1) is 8.50. The van der Waals surface area contributed by atoms with Gasteiger partial charge in [-0.25, -0.2) is 0 Å². The molecule has 1 fully saturated rings. The van der Waals surface area contributed by atoms with Crippen LogP contribution in [0.1, 0.15) is 33.1 Å². The maximum absolute atomic E-state index is 10.4. The van der Waals surface area contributed by atoms with Crippen molar-refractivity contribution in [3.8, 4) is 0 Å². The molecule has 11 heavy (non-hydrogen) atoms. The second-order valence-electron chi connectivity index (χ2n) is 3.71. The van der Waals surface area contributed by atoms with E-state index in [1.807, 2.05) is 0 Å². The Balaban J connectivity index is 2.46. The van der Waals surface area contributed by atoms with Crippen LogP contribution in [0, 0.1) is 22.0 Å². The minimum atomic E-state index is -0.263. The maximum Gasteiger partial charge on any atom is 0.213 e. The summed E-state index contributed by atoms with van der Waals surface area (Å²) in [5, 5.41) is 10.4. The van der Waals surface area contributed by atoms with Gasteiger partial charge in [0.05, 0.1) is 0 Å². The van der Waals surface area contributed by atoms with Crippen LogP contribution in [0.4, 0.5) is 0 Å². The van der Waals surface area contributed by atoms with Crippen molar-refractivity contribution in [1.29, 1.82) is 0 Å². The van der Waals surface area contributed by atoms with E-state index < -0.39 is 0 Å². The fourth-order valence-corrected chi connectivity index (χ4v) is 1.71. The average Bonchev–Trinajstić information content (AvgIpc) is 1.94. The van der Waals surface area contributed by atoms with Gasteiger partial charge in [-0.05, 0) is 18.3 Å². The Morgan fingerprint density at radius 1 is 1.27 bits per heavy atom. The van der Waals surface area contributed by atoms with Crippen LogP contribution in [0.25, 0.3) is 0 Å². The molecule has 0 amide bonds. The van der Waals surface area contributed by atoms with E-state index in [4.69, 9.17) is 0 Å². The van der Waals surface area contributed by atoms with E-state index >= 15 is 0 Å². The third-order valence-electron chi connectivity index (χ3n) is 2.87. The molecule has 1 saturated carbocycles. The Bertz CT molecular complexity index is 158. The van der Waals surface area contributed by atoms with E-state index in [0.29, 0.717) is 11.8 Å². The Morgan fingerprint density at radius 2 is 1.91 bits per heavy atom. The van der Waals surface area contributed by atoms with Crippen LogP contribution < -0.4 is 0 Å². The molecular formula is C8H15NO2. The molecule has 1 aliphatic rings. The van der Waals surface area contributed by atoms with E-state index in [-0.39, 0.29) is 11.0 Å². The topological polar surface area (TPSA) is 43.1 Å². The van der Waals surface area contributed by atoms with Gasteiger partial charge in [0.1, 0.15) is 0 Å². The van der Waals surface area contributed by atoms with Gasteiger partial charge in [-0.15, -0.1) is 0 Å². The summed E-state index contributed by atoms with van der Waals surface area (Å²) in [5.41, 5.74) is 0. The highest BCUT2D eigenvalue weighted by molar-refractivity contribution is 4.74. The molecule has 0 radical (unpaired) electrons. The number of nitro groups is 1. The van der Waals surface area contributed by atoms with Gasteiger partial charge < -0.3 is 0 Å². The summed E-state index contributed by atoms with van der Waals surface area (Å²) in [6, 6.07) is -0.263. The molecule has 0 aliphatic heterocycles. The summed E-state index contributed by atoms with van der Waals surface area (Å²) < 4.78 is 0. The highest BCUT2D eigenvalue weighted by Crippen LogP contribution is 2.30. The second kappa shape index (κ2) is 3.20. The van der Waals surface area contributed by atoms with Crippen LogP contribution in [-0.2, 0) is 0 Å². The summed E-state index contributed by atoms with van der Waals surface area (Å²) in [4.78, 5) is 10.3. The fraction of sp³-hybridized carbons (Fsp3) is 1.00. The summed E-state index contributed by atoms with van der Waals surface area (Å²) in [6.45, 7) is 4.29. The fourth-order valence-electron chi connectivity index (χ4n) is 1.71. The molecule has 0 aromatic carbocycles. The predicted molar refractivity (Wildman–Crippen MR) is 43.0 cm³/mol. The molecule has 0 N–H and O–H groups in total. The minimum absolute atomic E-state index is 0.123. The number of hydrogen-bond donors (Lipinski definition) is 0. The summed E-state index contributed by atoms with van der Waals surface area (Å²) >= 11 is 0. The summed E-state index contributed by atoms with van der Waals surface area (Å²) in [6.07, 6.45) is 2.57. The molecule has 1 aliphatic carbocycles. The predicted octanol–water partition coefficient (Wildman–Crippen LogP) is 2.09. The third kappa shape index (κ3) is 1.91. The highest BCUT2D eigenvalue weighted by Gasteiger charge is 2.31. The zero-order valence-corrected chi connectivity index (χ0v) is 7.12. The first-order valence-corrected chi connectivity index (χ1v) is 4.24. The Labute approximate surface area is 66.9 Å². The van der Waals surface area contributed by atoms with E-state index in [1.54, 1.807) is 0 Å². The smallest absolute Gasteiger partial charge is 0.213 e. The summed E-state index contributed by atoms with van der Waals surface area (Å²) in [7, 11) is 0. The van der Waals surface area contributed by atoms with Crippen molar-refractivity contribution in [3.05, 3.63) is 10.1 Å². The van der Waals surface area contributed by atoms with Crippen molar-refractivity contribution in [3.63, 3.8) is 0 Å². The molecule has 0 aromatic heterocycles. The van der Waals surface area contributed by atoms with E-state index in [2.05, 4.69) is 13.8 Å². The van der Waals surface area contributed by atoms with Crippen molar-refractivity contribution in [1.82, 2.24) is 0 Å². The van der Waals surface area contributed by atoms with Crippen LogP contribution in [0.15, 0.2) is 0 Å². The van der Waals surface area contributed by atoms with Gasteiger partial charge in [-0.3, -0.25) is 10.1 Å². The second-order valence-corrected chi connectivity index (χ2v) is 3.71. The van der Waals surface area contributed by atoms with Crippen LogP contribution in [0.2, 0.25) is 0 Å². The monoisotopic (exact) mass is 157 g/mol. The lowest BCUT2D eigenvalue weighted by molar-refractivity contribution is -0.528. The van der Waals surface area contributed by atoms with E-state index in [0.717, 1.165) is 19.3 Å². The average molecular weight is 157 g/mol. The molecule has 0 bridgehead atoms. The van der Waals surface area contributed by atoms with E-state index in [9.17, 15) is 10.1 Å². The van der Waals surface area contributed by atoms with Gasteiger partial charge in [0.2, 0.25) is 6.04 Å². The molecule has 3 nitrogen and oxygen atoms in total. The zero-order valence-electron chi connectivity index (χ0n) is 7.12. The molecule has 0 saturated heterocycles. The van der Waals surface area contributed by atoms with Gasteiger partial charge in [0, 0.05) is 17.8 Å². The molecule has 1 unspecified atom stereocenters. The Morgan fingerprint density at radius 3 is 2.36 bits per heavy atom. The molecule has 3 heteroatoms. The largest absolute Gasteiger partial charge is 0.264 e. The van der Waals surface area contributed by atoms with Crippen LogP contribution in [0.3, 0.4) is 0 Å². The molecular weight excluding hydrogens is 142 g/mol. The standard InChI is InChI=1S/C8H15NO2/c1-6-3-4-8(9(10)11)5-7(6)2/h6-8H,3-5H2,1-2H3/t6-,7?,8+/m1/s1. The highest BCUT2D eigenvalue weighted by atomic mass is 16.6. The zero-order chi connectivity index (χ0) is 8.43. The lowest BCUT2D eigenvalue weighted by Crippen LogP contribution is -2.30. The molecule has 0 aromatic rings. The van der Waals surface area contributed by atoms with Crippen molar-refractivity contribution in [2.45, 2.75) is 39.2 Å². The molecule has 3 atom stereocenters. The van der Waals surface area contributed by atoms with E-state index in [1.165, 1.54) is 0 Å². The number of hydrogen-bond acceptors (Lipinski definition) is 2. The summed E-state index contributed by atoms with van der Waals surface area (Å²) in [5.74, 6) is 1.20. The lowest BCUT2D eigenvalue weighted by Gasteiger charge is -2.27. The van der Waals surface area contributed by atoms with Gasteiger partial charge in [0.15, 0.2) is 0 Å². The minimum Gasteiger partial charge on any atom is -0.264 e.